The van der Waals surface area contributed by atoms with Crippen LogP contribution in [-0.2, 0) is 32.2 Å². The molecule has 0 saturated carbocycles. The topological polar surface area (TPSA) is 70.4 Å². The standard InChI is InChI=1S/C16H25FN2O4SSi/c1-24(20,21)23-9-8-14-16-13(17)6-5-7-15(16)19(18-14)12-22-10-11-25(2,3)4/h5-7H,8-12H2,1-4H3. The number of hydrogen-bond acceptors (Lipinski definition) is 5. The number of hydrogen-bond donors (Lipinski definition) is 0. The fraction of sp³-hybridized carbons (Fsp3) is 0.562. The summed E-state index contributed by atoms with van der Waals surface area (Å²) in [5.41, 5.74) is 1.09. The molecule has 0 aliphatic heterocycles. The lowest BCUT2D eigenvalue weighted by Gasteiger charge is -2.15. The first-order valence-corrected chi connectivity index (χ1v) is 13.7. The number of ether oxygens (including phenoxy) is 1. The van der Waals surface area contributed by atoms with Crippen molar-refractivity contribution in [2.75, 3.05) is 19.5 Å². The third-order valence-electron chi connectivity index (χ3n) is 3.65. The molecule has 140 valence electrons. The Morgan fingerprint density at radius 1 is 1.24 bits per heavy atom. The highest BCUT2D eigenvalue weighted by Gasteiger charge is 2.16. The Balaban J connectivity index is 2.13. The van der Waals surface area contributed by atoms with Crippen LogP contribution >= 0.6 is 0 Å². The Hall–Kier alpha value is -1.29. The molecule has 1 heterocycles. The van der Waals surface area contributed by atoms with Crippen LogP contribution in [0.15, 0.2) is 18.2 Å². The lowest BCUT2D eigenvalue weighted by atomic mass is 10.1. The van der Waals surface area contributed by atoms with Crippen LogP contribution in [0.3, 0.4) is 0 Å². The van der Waals surface area contributed by atoms with Crippen LogP contribution in [0.2, 0.25) is 25.7 Å². The summed E-state index contributed by atoms with van der Waals surface area (Å²) in [6.07, 6.45) is 1.18. The number of benzene rings is 1. The van der Waals surface area contributed by atoms with Crippen LogP contribution in [-0.4, -0.2) is 45.7 Å². The Morgan fingerprint density at radius 2 is 1.96 bits per heavy atom. The molecule has 1 aromatic carbocycles. The average Bonchev–Trinajstić information content (AvgIpc) is 2.81. The maximum atomic E-state index is 14.2. The molecule has 1 aromatic heterocycles. The van der Waals surface area contributed by atoms with E-state index in [4.69, 9.17) is 8.92 Å². The molecular formula is C16H25FN2O4SSi. The summed E-state index contributed by atoms with van der Waals surface area (Å²) in [6, 6.07) is 5.79. The highest BCUT2D eigenvalue weighted by atomic mass is 32.2. The van der Waals surface area contributed by atoms with E-state index in [9.17, 15) is 12.8 Å². The van der Waals surface area contributed by atoms with E-state index in [-0.39, 0.29) is 25.6 Å². The molecule has 6 nitrogen and oxygen atoms in total. The van der Waals surface area contributed by atoms with Gasteiger partial charge in [-0.05, 0) is 18.2 Å². The molecule has 0 atom stereocenters. The van der Waals surface area contributed by atoms with Crippen molar-refractivity contribution in [3.63, 3.8) is 0 Å². The van der Waals surface area contributed by atoms with Crippen LogP contribution in [0.25, 0.3) is 10.9 Å². The second-order valence-electron chi connectivity index (χ2n) is 7.20. The first kappa shape index (κ1) is 20.0. The van der Waals surface area contributed by atoms with Crippen LogP contribution in [0, 0.1) is 5.82 Å². The van der Waals surface area contributed by atoms with Crippen LogP contribution in [0.5, 0.6) is 0 Å². The highest BCUT2D eigenvalue weighted by Crippen LogP contribution is 2.23. The van der Waals surface area contributed by atoms with E-state index in [2.05, 4.69) is 24.7 Å². The number of nitrogens with zero attached hydrogens (tertiary/aromatic N) is 2. The van der Waals surface area contributed by atoms with Gasteiger partial charge in [0, 0.05) is 21.1 Å². The highest BCUT2D eigenvalue weighted by molar-refractivity contribution is 7.85. The second-order valence-corrected chi connectivity index (χ2v) is 14.5. The van der Waals surface area contributed by atoms with Crippen molar-refractivity contribution in [1.29, 1.82) is 0 Å². The zero-order valence-corrected chi connectivity index (χ0v) is 16.9. The van der Waals surface area contributed by atoms with Crippen LogP contribution < -0.4 is 0 Å². The molecule has 0 aliphatic rings. The van der Waals surface area contributed by atoms with Gasteiger partial charge < -0.3 is 4.74 Å². The molecule has 0 bridgehead atoms. The average molecular weight is 389 g/mol. The summed E-state index contributed by atoms with van der Waals surface area (Å²) in [4.78, 5) is 0. The van der Waals surface area contributed by atoms with Gasteiger partial charge in [0.25, 0.3) is 10.1 Å². The largest absolute Gasteiger partial charge is 0.360 e. The Kier molecular flexibility index (Phi) is 6.36. The van der Waals surface area contributed by atoms with E-state index < -0.39 is 18.2 Å². The number of aromatic nitrogens is 2. The van der Waals surface area contributed by atoms with E-state index >= 15 is 0 Å². The zero-order valence-electron chi connectivity index (χ0n) is 15.1. The molecule has 0 radical (unpaired) electrons. The molecule has 0 N–H and O–H groups in total. The minimum Gasteiger partial charge on any atom is -0.360 e. The van der Waals surface area contributed by atoms with E-state index in [1.54, 1.807) is 16.8 Å². The second kappa shape index (κ2) is 7.94. The molecule has 0 fully saturated rings. The van der Waals surface area contributed by atoms with Gasteiger partial charge >= 0.3 is 0 Å². The molecule has 0 amide bonds. The molecule has 2 aromatic rings. The van der Waals surface area contributed by atoms with E-state index in [0.717, 1.165) is 12.3 Å². The van der Waals surface area contributed by atoms with Gasteiger partial charge in [-0.25, -0.2) is 9.07 Å². The zero-order chi connectivity index (χ0) is 18.7. The van der Waals surface area contributed by atoms with Crippen molar-refractivity contribution in [3.05, 3.63) is 29.7 Å². The Bertz CT molecular complexity index is 831. The predicted molar refractivity (Wildman–Crippen MR) is 98.3 cm³/mol. The van der Waals surface area contributed by atoms with Crippen molar-refractivity contribution in [1.82, 2.24) is 9.78 Å². The smallest absolute Gasteiger partial charge is 0.264 e. The summed E-state index contributed by atoms with van der Waals surface area (Å²) in [7, 11) is -4.71. The van der Waals surface area contributed by atoms with Crippen molar-refractivity contribution in [2.24, 2.45) is 0 Å². The minimum atomic E-state index is -3.53. The quantitative estimate of drug-likeness (QED) is 0.375. The molecular weight excluding hydrogens is 363 g/mol. The van der Waals surface area contributed by atoms with Gasteiger partial charge in [0.1, 0.15) is 12.5 Å². The lowest BCUT2D eigenvalue weighted by Crippen LogP contribution is -2.22. The van der Waals surface area contributed by atoms with E-state index in [0.29, 0.717) is 23.2 Å². The van der Waals surface area contributed by atoms with Crippen molar-refractivity contribution in [3.8, 4) is 0 Å². The fourth-order valence-electron chi connectivity index (χ4n) is 2.36. The summed E-state index contributed by atoms with van der Waals surface area (Å²) >= 11 is 0. The van der Waals surface area contributed by atoms with Gasteiger partial charge in [0.05, 0.1) is 29.5 Å². The van der Waals surface area contributed by atoms with Crippen LogP contribution in [0.1, 0.15) is 5.69 Å². The Labute approximate surface area is 149 Å². The molecule has 0 aliphatic carbocycles. The summed E-state index contributed by atoms with van der Waals surface area (Å²) in [5, 5.41) is 4.77. The molecule has 2 rings (SSSR count). The first-order chi connectivity index (χ1) is 11.6. The molecule has 0 spiro atoms. The lowest BCUT2D eigenvalue weighted by molar-refractivity contribution is 0.0813. The van der Waals surface area contributed by atoms with Gasteiger partial charge in [-0.2, -0.15) is 13.5 Å². The SMILES string of the molecule is C[Si](C)(C)CCOCn1nc(CCOS(C)(=O)=O)c2c(F)cccc21. The molecule has 25 heavy (non-hydrogen) atoms. The van der Waals surface area contributed by atoms with E-state index in [1.165, 1.54) is 6.07 Å². The summed E-state index contributed by atoms with van der Waals surface area (Å²) < 4.78 is 48.4. The predicted octanol–water partition coefficient (Wildman–Crippen LogP) is 3.01. The third kappa shape index (κ3) is 6.18. The fourth-order valence-corrected chi connectivity index (χ4v) is 3.50. The third-order valence-corrected chi connectivity index (χ3v) is 5.94. The monoisotopic (exact) mass is 388 g/mol. The number of rotatable bonds is 9. The Morgan fingerprint density at radius 3 is 2.60 bits per heavy atom. The number of halogens is 1. The van der Waals surface area contributed by atoms with Gasteiger partial charge in [-0.1, -0.05) is 25.7 Å². The normalized spacial score (nSPS) is 12.8. The van der Waals surface area contributed by atoms with Gasteiger partial charge in [0.15, 0.2) is 0 Å². The van der Waals surface area contributed by atoms with E-state index in [1.807, 2.05) is 0 Å². The molecule has 9 heteroatoms. The number of fused-ring (bicyclic) bond motifs is 1. The van der Waals surface area contributed by atoms with Crippen molar-refractivity contribution >= 4 is 29.1 Å². The van der Waals surface area contributed by atoms with Crippen molar-refractivity contribution in [2.45, 2.75) is 38.8 Å². The summed E-state index contributed by atoms with van der Waals surface area (Å²) in [6.45, 7) is 7.62. The van der Waals surface area contributed by atoms with Crippen molar-refractivity contribution < 1.29 is 21.7 Å². The molecule has 0 saturated heterocycles. The van der Waals surface area contributed by atoms with Crippen LogP contribution in [0.4, 0.5) is 4.39 Å². The van der Waals surface area contributed by atoms with Gasteiger partial charge in [-0.3, -0.25) is 4.18 Å². The first-order valence-electron chi connectivity index (χ1n) is 8.13. The maximum Gasteiger partial charge on any atom is 0.264 e. The van der Waals surface area contributed by atoms with Gasteiger partial charge in [0.2, 0.25) is 0 Å². The van der Waals surface area contributed by atoms with Gasteiger partial charge in [-0.15, -0.1) is 0 Å². The minimum absolute atomic E-state index is 0.0736. The molecule has 0 unspecified atom stereocenters. The maximum absolute atomic E-state index is 14.2. The summed E-state index contributed by atoms with van der Waals surface area (Å²) in [5.74, 6) is -0.389.